The summed E-state index contributed by atoms with van der Waals surface area (Å²) in [5, 5.41) is 6.57. The number of guanidine groups is 1. The predicted octanol–water partition coefficient (Wildman–Crippen LogP) is 1.57. The number of rotatable bonds is 8. The zero-order chi connectivity index (χ0) is 13.1. The molecule has 1 aromatic rings. The van der Waals surface area contributed by atoms with Crippen molar-refractivity contribution >= 4 is 17.7 Å². The maximum Gasteiger partial charge on any atom is 0.191 e. The molecule has 0 unspecified atom stereocenters. The average Bonchev–Trinajstić information content (AvgIpc) is 2.89. The summed E-state index contributed by atoms with van der Waals surface area (Å²) in [4.78, 5) is 4.18. The number of nitrogens with zero attached hydrogens (tertiary/aromatic N) is 2. The second-order valence-electron chi connectivity index (χ2n) is 3.71. The van der Waals surface area contributed by atoms with Crippen LogP contribution in [0, 0.1) is 0 Å². The van der Waals surface area contributed by atoms with Crippen LogP contribution in [0.2, 0.25) is 0 Å². The third-order valence-electron chi connectivity index (χ3n) is 2.33. The maximum atomic E-state index is 4.18. The lowest BCUT2D eigenvalue weighted by Crippen LogP contribution is -2.39. The van der Waals surface area contributed by atoms with Gasteiger partial charge in [0.25, 0.3) is 0 Å². The van der Waals surface area contributed by atoms with Gasteiger partial charge in [0.1, 0.15) is 0 Å². The average molecular weight is 266 g/mol. The van der Waals surface area contributed by atoms with Gasteiger partial charge in [-0.3, -0.25) is 4.99 Å². The Morgan fingerprint density at radius 1 is 1.33 bits per heavy atom. The number of aliphatic imine (C=N–C) groups is 1. The van der Waals surface area contributed by atoms with Crippen LogP contribution in [0.5, 0.6) is 0 Å². The summed E-state index contributed by atoms with van der Waals surface area (Å²) in [6, 6.07) is 4.06. The van der Waals surface area contributed by atoms with Crippen molar-refractivity contribution in [2.45, 2.75) is 6.54 Å². The van der Waals surface area contributed by atoms with Crippen LogP contribution < -0.4 is 10.6 Å². The van der Waals surface area contributed by atoms with E-state index in [-0.39, 0.29) is 0 Å². The van der Waals surface area contributed by atoms with Crippen molar-refractivity contribution in [1.29, 1.82) is 0 Å². The van der Waals surface area contributed by atoms with E-state index in [4.69, 9.17) is 0 Å². The van der Waals surface area contributed by atoms with Gasteiger partial charge in [0.2, 0.25) is 0 Å². The summed E-state index contributed by atoms with van der Waals surface area (Å²) in [5.41, 5.74) is 0. The van der Waals surface area contributed by atoms with Crippen LogP contribution in [0.4, 0.5) is 0 Å². The Labute approximate surface area is 114 Å². The smallest absolute Gasteiger partial charge is 0.191 e. The molecule has 1 rings (SSSR count). The van der Waals surface area contributed by atoms with Crippen LogP contribution in [0.15, 0.2) is 42.2 Å². The third-order valence-corrected chi connectivity index (χ3v) is 3.29. The molecule has 1 heterocycles. The van der Waals surface area contributed by atoms with Gasteiger partial charge in [0.15, 0.2) is 5.96 Å². The molecule has 0 radical (unpaired) electrons. The molecule has 0 aromatic carbocycles. The van der Waals surface area contributed by atoms with E-state index in [2.05, 4.69) is 39.2 Å². The molecule has 0 saturated carbocycles. The molecule has 18 heavy (non-hydrogen) atoms. The van der Waals surface area contributed by atoms with Gasteiger partial charge < -0.3 is 15.2 Å². The Kier molecular flexibility index (Phi) is 7.88. The van der Waals surface area contributed by atoms with E-state index in [0.717, 1.165) is 37.1 Å². The van der Waals surface area contributed by atoms with Crippen LogP contribution in [-0.4, -0.2) is 42.2 Å². The molecule has 0 aliphatic carbocycles. The zero-order valence-electron chi connectivity index (χ0n) is 10.9. The Morgan fingerprint density at radius 3 is 2.72 bits per heavy atom. The highest BCUT2D eigenvalue weighted by Crippen LogP contribution is 1.96. The SMILES string of the molecule is C=CCSCCNC(=NC)NCCn1cccc1. The van der Waals surface area contributed by atoms with E-state index < -0.39 is 0 Å². The van der Waals surface area contributed by atoms with Crippen molar-refractivity contribution in [3.63, 3.8) is 0 Å². The van der Waals surface area contributed by atoms with Crippen LogP contribution in [0.3, 0.4) is 0 Å². The zero-order valence-corrected chi connectivity index (χ0v) is 11.7. The Balaban J connectivity index is 2.08. The lowest BCUT2D eigenvalue weighted by atomic mass is 10.6. The fraction of sp³-hybridized carbons (Fsp3) is 0.462. The standard InChI is InChI=1S/C13H22N4S/c1-3-11-18-12-7-16-13(14-2)15-6-10-17-8-4-5-9-17/h3-5,8-9H,1,6-7,10-12H2,2H3,(H2,14,15,16). The first-order valence-electron chi connectivity index (χ1n) is 6.10. The normalized spacial score (nSPS) is 11.3. The molecular weight excluding hydrogens is 244 g/mol. The minimum atomic E-state index is 0.862. The number of aromatic nitrogens is 1. The van der Waals surface area contributed by atoms with Crippen LogP contribution in [0.25, 0.3) is 0 Å². The van der Waals surface area contributed by atoms with Crippen molar-refractivity contribution < 1.29 is 0 Å². The molecule has 0 amide bonds. The minimum absolute atomic E-state index is 0.862. The molecule has 0 aliphatic rings. The quantitative estimate of drug-likeness (QED) is 0.325. The molecule has 0 saturated heterocycles. The second-order valence-corrected chi connectivity index (χ2v) is 4.86. The molecule has 1 aromatic heterocycles. The first-order chi connectivity index (χ1) is 8.86. The van der Waals surface area contributed by atoms with E-state index in [1.54, 1.807) is 7.05 Å². The van der Waals surface area contributed by atoms with Crippen molar-refractivity contribution in [3.8, 4) is 0 Å². The van der Waals surface area contributed by atoms with Gasteiger partial charge in [-0.2, -0.15) is 11.8 Å². The summed E-state index contributed by atoms with van der Waals surface area (Å²) < 4.78 is 2.14. The van der Waals surface area contributed by atoms with Gasteiger partial charge in [0.05, 0.1) is 0 Å². The Bertz CT molecular complexity index is 346. The molecule has 0 atom stereocenters. The molecule has 0 aliphatic heterocycles. The highest BCUT2D eigenvalue weighted by Gasteiger charge is 1.96. The highest BCUT2D eigenvalue weighted by molar-refractivity contribution is 7.99. The van der Waals surface area contributed by atoms with Crippen molar-refractivity contribution in [3.05, 3.63) is 37.2 Å². The Morgan fingerprint density at radius 2 is 2.06 bits per heavy atom. The van der Waals surface area contributed by atoms with E-state index in [9.17, 15) is 0 Å². The summed E-state index contributed by atoms with van der Waals surface area (Å²) in [5.74, 6) is 2.92. The second kappa shape index (κ2) is 9.65. The highest BCUT2D eigenvalue weighted by atomic mass is 32.2. The van der Waals surface area contributed by atoms with Crippen molar-refractivity contribution in [2.24, 2.45) is 4.99 Å². The minimum Gasteiger partial charge on any atom is -0.356 e. The molecule has 0 fully saturated rings. The molecule has 0 bridgehead atoms. The Hall–Kier alpha value is -1.36. The van der Waals surface area contributed by atoms with Gasteiger partial charge in [-0.05, 0) is 12.1 Å². The molecule has 100 valence electrons. The molecule has 2 N–H and O–H groups in total. The topological polar surface area (TPSA) is 41.4 Å². The summed E-state index contributed by atoms with van der Waals surface area (Å²) >= 11 is 1.86. The molecule has 4 nitrogen and oxygen atoms in total. The van der Waals surface area contributed by atoms with E-state index >= 15 is 0 Å². The number of hydrogen-bond donors (Lipinski definition) is 2. The first kappa shape index (κ1) is 14.7. The fourth-order valence-electron chi connectivity index (χ4n) is 1.45. The van der Waals surface area contributed by atoms with Crippen molar-refractivity contribution in [2.75, 3.05) is 31.6 Å². The van der Waals surface area contributed by atoms with Gasteiger partial charge in [-0.15, -0.1) is 6.58 Å². The summed E-state index contributed by atoms with van der Waals surface area (Å²) in [7, 11) is 1.79. The summed E-state index contributed by atoms with van der Waals surface area (Å²) in [6.45, 7) is 6.43. The van der Waals surface area contributed by atoms with Crippen molar-refractivity contribution in [1.82, 2.24) is 15.2 Å². The lowest BCUT2D eigenvalue weighted by Gasteiger charge is -2.11. The largest absolute Gasteiger partial charge is 0.356 e. The summed E-state index contributed by atoms with van der Waals surface area (Å²) in [6.07, 6.45) is 6.04. The fourth-order valence-corrected chi connectivity index (χ4v) is 2.03. The van der Waals surface area contributed by atoms with E-state index in [0.29, 0.717) is 0 Å². The van der Waals surface area contributed by atoms with Crippen LogP contribution >= 0.6 is 11.8 Å². The van der Waals surface area contributed by atoms with E-state index in [1.807, 2.05) is 30.0 Å². The lowest BCUT2D eigenvalue weighted by molar-refractivity contribution is 0.667. The predicted molar refractivity (Wildman–Crippen MR) is 81.3 cm³/mol. The van der Waals surface area contributed by atoms with Gasteiger partial charge in [-0.1, -0.05) is 6.08 Å². The first-order valence-corrected chi connectivity index (χ1v) is 7.26. The van der Waals surface area contributed by atoms with Gasteiger partial charge in [-0.25, -0.2) is 0 Å². The van der Waals surface area contributed by atoms with Crippen LogP contribution in [0.1, 0.15) is 0 Å². The van der Waals surface area contributed by atoms with E-state index in [1.165, 1.54) is 0 Å². The third kappa shape index (κ3) is 6.39. The number of hydrogen-bond acceptors (Lipinski definition) is 2. The maximum absolute atomic E-state index is 4.18. The molecular formula is C13H22N4S. The number of nitrogens with one attached hydrogen (secondary N) is 2. The van der Waals surface area contributed by atoms with Gasteiger partial charge >= 0.3 is 0 Å². The number of thioether (sulfide) groups is 1. The molecule has 5 heteroatoms. The van der Waals surface area contributed by atoms with Gasteiger partial charge in [0, 0.05) is 50.6 Å². The van der Waals surface area contributed by atoms with Crippen LogP contribution in [-0.2, 0) is 6.54 Å². The monoisotopic (exact) mass is 266 g/mol. The molecule has 0 spiro atoms.